The van der Waals surface area contributed by atoms with Crippen molar-refractivity contribution in [1.82, 2.24) is 4.72 Å². The number of hydrogen-bond acceptors (Lipinski definition) is 5. The first-order valence-corrected chi connectivity index (χ1v) is 11.4. The SMILES string of the molecule is COc1ccc(S(=O)(=O)NCCCOc2ccc(Oc3ccc(C(F)(F)F)cc3)cc2)cc1. The lowest BCUT2D eigenvalue weighted by Gasteiger charge is -2.10. The molecule has 33 heavy (non-hydrogen) atoms. The Hall–Kier alpha value is -3.24. The van der Waals surface area contributed by atoms with Crippen LogP contribution in [0.4, 0.5) is 13.2 Å². The molecular formula is C23H22F3NO5S. The van der Waals surface area contributed by atoms with Gasteiger partial charge in [0.15, 0.2) is 0 Å². The van der Waals surface area contributed by atoms with Gasteiger partial charge in [-0.1, -0.05) is 0 Å². The van der Waals surface area contributed by atoms with Crippen molar-refractivity contribution in [2.24, 2.45) is 0 Å². The van der Waals surface area contributed by atoms with Crippen molar-refractivity contribution in [1.29, 1.82) is 0 Å². The first kappa shape index (κ1) is 24.4. The summed E-state index contributed by atoms with van der Waals surface area (Å²) < 4.78 is 81.0. The zero-order chi connectivity index (χ0) is 23.9. The highest BCUT2D eigenvalue weighted by atomic mass is 32.2. The van der Waals surface area contributed by atoms with E-state index in [1.807, 2.05) is 0 Å². The molecule has 0 aliphatic heterocycles. The maximum Gasteiger partial charge on any atom is 0.416 e. The Morgan fingerprint density at radius 1 is 0.788 bits per heavy atom. The monoisotopic (exact) mass is 481 g/mol. The highest BCUT2D eigenvalue weighted by Crippen LogP contribution is 2.31. The highest BCUT2D eigenvalue weighted by Gasteiger charge is 2.30. The number of alkyl halides is 3. The molecule has 1 N–H and O–H groups in total. The van der Waals surface area contributed by atoms with Gasteiger partial charge >= 0.3 is 6.18 Å². The Labute approximate surface area is 190 Å². The molecule has 3 rings (SSSR count). The molecular weight excluding hydrogens is 459 g/mol. The molecule has 0 saturated carbocycles. The van der Waals surface area contributed by atoms with Crippen molar-refractivity contribution < 1.29 is 35.8 Å². The van der Waals surface area contributed by atoms with Crippen molar-refractivity contribution in [2.45, 2.75) is 17.5 Å². The predicted molar refractivity (Wildman–Crippen MR) is 116 cm³/mol. The van der Waals surface area contributed by atoms with Gasteiger partial charge in [0.2, 0.25) is 10.0 Å². The second kappa shape index (κ2) is 10.6. The zero-order valence-electron chi connectivity index (χ0n) is 17.6. The minimum atomic E-state index is -4.40. The largest absolute Gasteiger partial charge is 0.497 e. The van der Waals surface area contributed by atoms with Gasteiger partial charge in [-0.25, -0.2) is 13.1 Å². The van der Waals surface area contributed by atoms with E-state index in [1.165, 1.54) is 31.4 Å². The highest BCUT2D eigenvalue weighted by molar-refractivity contribution is 7.89. The van der Waals surface area contributed by atoms with Gasteiger partial charge in [0.1, 0.15) is 23.0 Å². The molecule has 10 heteroatoms. The molecule has 0 saturated heterocycles. The number of nitrogens with one attached hydrogen (secondary N) is 1. The number of ether oxygens (including phenoxy) is 3. The number of halogens is 3. The normalized spacial score (nSPS) is 11.8. The van der Waals surface area contributed by atoms with Crippen LogP contribution in [0.15, 0.2) is 77.7 Å². The lowest BCUT2D eigenvalue weighted by atomic mass is 10.2. The molecule has 0 aromatic heterocycles. The summed E-state index contributed by atoms with van der Waals surface area (Å²) in [6, 6.07) is 17.0. The van der Waals surface area contributed by atoms with Gasteiger partial charge in [0, 0.05) is 6.54 Å². The van der Waals surface area contributed by atoms with Crippen LogP contribution in [0.2, 0.25) is 0 Å². The lowest BCUT2D eigenvalue weighted by Crippen LogP contribution is -2.25. The van der Waals surface area contributed by atoms with Crippen LogP contribution in [-0.4, -0.2) is 28.7 Å². The number of benzene rings is 3. The van der Waals surface area contributed by atoms with Crippen LogP contribution in [0.1, 0.15) is 12.0 Å². The van der Waals surface area contributed by atoms with Crippen LogP contribution in [-0.2, 0) is 16.2 Å². The number of hydrogen-bond donors (Lipinski definition) is 1. The molecule has 0 heterocycles. The average molecular weight is 481 g/mol. The van der Waals surface area contributed by atoms with Crippen molar-refractivity contribution >= 4 is 10.0 Å². The van der Waals surface area contributed by atoms with Crippen LogP contribution in [0.25, 0.3) is 0 Å². The third kappa shape index (κ3) is 7.13. The predicted octanol–water partition coefficient (Wildman–Crippen LogP) is 5.25. The van der Waals surface area contributed by atoms with Gasteiger partial charge in [0.05, 0.1) is 24.2 Å². The van der Waals surface area contributed by atoms with Crippen LogP contribution >= 0.6 is 0 Å². The summed E-state index contributed by atoms with van der Waals surface area (Å²) in [7, 11) is -2.12. The van der Waals surface area contributed by atoms with Crippen LogP contribution in [0, 0.1) is 0 Å². The second-order valence-electron chi connectivity index (χ2n) is 6.87. The Bertz CT molecular complexity index is 1130. The van der Waals surface area contributed by atoms with Gasteiger partial charge in [-0.2, -0.15) is 13.2 Å². The molecule has 0 spiro atoms. The lowest BCUT2D eigenvalue weighted by molar-refractivity contribution is -0.137. The van der Waals surface area contributed by atoms with Crippen LogP contribution in [0.5, 0.6) is 23.0 Å². The van der Waals surface area contributed by atoms with Gasteiger partial charge in [-0.3, -0.25) is 0 Å². The molecule has 176 valence electrons. The van der Waals surface area contributed by atoms with Gasteiger partial charge < -0.3 is 14.2 Å². The van der Waals surface area contributed by atoms with Gasteiger partial charge in [-0.05, 0) is 79.2 Å². The Morgan fingerprint density at radius 2 is 1.30 bits per heavy atom. The fraction of sp³-hybridized carbons (Fsp3) is 0.217. The van der Waals surface area contributed by atoms with E-state index in [4.69, 9.17) is 14.2 Å². The molecule has 0 aliphatic carbocycles. The second-order valence-corrected chi connectivity index (χ2v) is 8.64. The minimum absolute atomic E-state index is 0.146. The average Bonchev–Trinajstić information content (AvgIpc) is 2.80. The van der Waals surface area contributed by atoms with E-state index in [9.17, 15) is 21.6 Å². The summed E-state index contributed by atoms with van der Waals surface area (Å²) in [5.41, 5.74) is -0.745. The molecule has 0 unspecified atom stereocenters. The standard InChI is InChI=1S/C23H22F3NO5S/c1-30-18-11-13-22(14-12-18)33(28,29)27-15-2-16-31-19-7-9-21(10-8-19)32-20-5-3-17(4-6-20)23(24,25)26/h3-14,27H,2,15-16H2,1H3. The molecule has 0 radical (unpaired) electrons. The van der Waals surface area contributed by atoms with Crippen LogP contribution in [0.3, 0.4) is 0 Å². The van der Waals surface area contributed by atoms with Crippen molar-refractivity contribution in [2.75, 3.05) is 20.3 Å². The number of methoxy groups -OCH3 is 1. The Kier molecular flexibility index (Phi) is 7.83. The molecule has 3 aromatic rings. The first-order chi connectivity index (χ1) is 15.7. The van der Waals surface area contributed by atoms with E-state index < -0.39 is 21.8 Å². The van der Waals surface area contributed by atoms with Gasteiger partial charge in [0.25, 0.3) is 0 Å². The smallest absolute Gasteiger partial charge is 0.416 e. The summed E-state index contributed by atoms with van der Waals surface area (Å²) in [6.07, 6.45) is -3.95. The summed E-state index contributed by atoms with van der Waals surface area (Å²) in [5.74, 6) is 1.83. The molecule has 0 fully saturated rings. The zero-order valence-corrected chi connectivity index (χ0v) is 18.4. The molecule has 6 nitrogen and oxygen atoms in total. The first-order valence-electron chi connectivity index (χ1n) is 9.89. The maximum absolute atomic E-state index is 12.6. The Morgan fingerprint density at radius 3 is 1.85 bits per heavy atom. The van der Waals surface area contributed by atoms with E-state index in [0.29, 0.717) is 23.7 Å². The maximum atomic E-state index is 12.6. The quantitative estimate of drug-likeness (QED) is 0.400. The summed E-state index contributed by atoms with van der Waals surface area (Å²) in [6.45, 7) is 0.480. The fourth-order valence-corrected chi connectivity index (χ4v) is 3.83. The van der Waals surface area contributed by atoms with Gasteiger partial charge in [-0.15, -0.1) is 0 Å². The van der Waals surface area contributed by atoms with E-state index in [-0.39, 0.29) is 23.8 Å². The van der Waals surface area contributed by atoms with E-state index in [0.717, 1.165) is 12.1 Å². The van der Waals surface area contributed by atoms with Crippen molar-refractivity contribution in [3.05, 3.63) is 78.4 Å². The summed E-state index contributed by atoms with van der Waals surface area (Å²) in [4.78, 5) is 0.146. The fourth-order valence-electron chi connectivity index (χ4n) is 2.76. The third-order valence-corrected chi connectivity index (χ3v) is 5.97. The van der Waals surface area contributed by atoms with E-state index in [2.05, 4.69) is 4.72 Å². The van der Waals surface area contributed by atoms with Crippen LogP contribution < -0.4 is 18.9 Å². The molecule has 0 bridgehead atoms. The Balaban J connectivity index is 1.42. The molecule has 0 amide bonds. The number of rotatable bonds is 10. The van der Waals surface area contributed by atoms with E-state index >= 15 is 0 Å². The summed E-state index contributed by atoms with van der Waals surface area (Å²) in [5, 5.41) is 0. The molecule has 3 aromatic carbocycles. The number of sulfonamides is 1. The van der Waals surface area contributed by atoms with Crippen molar-refractivity contribution in [3.63, 3.8) is 0 Å². The van der Waals surface area contributed by atoms with Crippen molar-refractivity contribution in [3.8, 4) is 23.0 Å². The third-order valence-electron chi connectivity index (χ3n) is 4.49. The van der Waals surface area contributed by atoms with E-state index in [1.54, 1.807) is 36.4 Å². The summed E-state index contributed by atoms with van der Waals surface area (Å²) >= 11 is 0. The topological polar surface area (TPSA) is 73.9 Å². The molecule has 0 aliphatic rings. The molecule has 0 atom stereocenters. The minimum Gasteiger partial charge on any atom is -0.497 e.